The summed E-state index contributed by atoms with van der Waals surface area (Å²) in [4.78, 5) is 12.7. The van der Waals surface area contributed by atoms with Gasteiger partial charge in [-0.25, -0.2) is 18.2 Å². The standard InChI is InChI=1S/C20H18F3N5/c21-15-6-5-14(13-17(15)23)25-20-24-8-7-19(26-20)28-11-9-27(10-12-28)18-4-2-1-3-16(18)22/h1-8,13H,9-12H2,(H,24,25,26). The van der Waals surface area contributed by atoms with Crippen molar-refractivity contribution in [3.8, 4) is 0 Å². The van der Waals surface area contributed by atoms with Crippen LogP contribution in [0.15, 0.2) is 54.7 Å². The Morgan fingerprint density at radius 2 is 1.54 bits per heavy atom. The van der Waals surface area contributed by atoms with Crippen molar-refractivity contribution in [3.63, 3.8) is 0 Å². The molecule has 0 amide bonds. The first-order valence-electron chi connectivity index (χ1n) is 8.90. The van der Waals surface area contributed by atoms with Crippen molar-refractivity contribution in [1.82, 2.24) is 9.97 Å². The zero-order valence-electron chi connectivity index (χ0n) is 14.9. The van der Waals surface area contributed by atoms with Crippen LogP contribution in [0.4, 0.5) is 36.3 Å². The van der Waals surface area contributed by atoms with E-state index in [1.165, 1.54) is 12.1 Å². The van der Waals surface area contributed by atoms with Crippen LogP contribution in [0, 0.1) is 17.5 Å². The Morgan fingerprint density at radius 1 is 0.786 bits per heavy atom. The number of piperazine rings is 1. The molecule has 1 aliphatic heterocycles. The summed E-state index contributed by atoms with van der Waals surface area (Å²) < 4.78 is 40.4. The third-order valence-electron chi connectivity index (χ3n) is 4.61. The molecule has 1 aliphatic rings. The molecule has 0 spiro atoms. The van der Waals surface area contributed by atoms with Crippen molar-refractivity contribution in [2.24, 2.45) is 0 Å². The van der Waals surface area contributed by atoms with E-state index in [2.05, 4.69) is 20.2 Å². The van der Waals surface area contributed by atoms with E-state index >= 15 is 0 Å². The Hall–Kier alpha value is -3.29. The molecule has 8 heteroatoms. The molecule has 28 heavy (non-hydrogen) atoms. The van der Waals surface area contributed by atoms with Crippen LogP contribution < -0.4 is 15.1 Å². The second-order valence-corrected chi connectivity index (χ2v) is 6.42. The maximum atomic E-state index is 14.0. The van der Waals surface area contributed by atoms with E-state index in [0.717, 1.165) is 12.1 Å². The Kier molecular flexibility index (Phi) is 5.01. The minimum Gasteiger partial charge on any atom is -0.366 e. The minimum atomic E-state index is -0.939. The lowest BCUT2D eigenvalue weighted by molar-refractivity contribution is 0.509. The van der Waals surface area contributed by atoms with Crippen LogP contribution in [-0.2, 0) is 0 Å². The van der Waals surface area contributed by atoms with Crippen molar-refractivity contribution in [2.75, 3.05) is 41.3 Å². The van der Waals surface area contributed by atoms with Crippen LogP contribution in [-0.4, -0.2) is 36.1 Å². The maximum Gasteiger partial charge on any atom is 0.229 e. The zero-order chi connectivity index (χ0) is 19.5. The van der Waals surface area contributed by atoms with Gasteiger partial charge in [0.15, 0.2) is 11.6 Å². The van der Waals surface area contributed by atoms with Gasteiger partial charge in [-0.3, -0.25) is 0 Å². The fraction of sp³-hybridized carbons (Fsp3) is 0.200. The Balaban J connectivity index is 1.44. The van der Waals surface area contributed by atoms with E-state index in [1.54, 1.807) is 24.4 Å². The van der Waals surface area contributed by atoms with E-state index in [9.17, 15) is 13.2 Å². The van der Waals surface area contributed by atoms with Crippen molar-refractivity contribution in [2.45, 2.75) is 0 Å². The van der Waals surface area contributed by atoms with Gasteiger partial charge in [0.2, 0.25) is 5.95 Å². The van der Waals surface area contributed by atoms with Crippen molar-refractivity contribution in [1.29, 1.82) is 0 Å². The highest BCUT2D eigenvalue weighted by Gasteiger charge is 2.20. The van der Waals surface area contributed by atoms with Gasteiger partial charge in [-0.2, -0.15) is 4.98 Å². The topological polar surface area (TPSA) is 44.3 Å². The third-order valence-corrected chi connectivity index (χ3v) is 4.61. The van der Waals surface area contributed by atoms with Crippen LogP contribution in [0.25, 0.3) is 0 Å². The summed E-state index contributed by atoms with van der Waals surface area (Å²) in [5.74, 6) is -1.07. The highest BCUT2D eigenvalue weighted by atomic mass is 19.2. The van der Waals surface area contributed by atoms with Crippen LogP contribution in [0.2, 0.25) is 0 Å². The van der Waals surface area contributed by atoms with Gasteiger partial charge < -0.3 is 15.1 Å². The fourth-order valence-corrected chi connectivity index (χ4v) is 3.17. The number of nitrogens with one attached hydrogen (secondary N) is 1. The summed E-state index contributed by atoms with van der Waals surface area (Å²) in [6.07, 6.45) is 1.60. The monoisotopic (exact) mass is 385 g/mol. The number of anilines is 4. The van der Waals surface area contributed by atoms with Gasteiger partial charge in [0.25, 0.3) is 0 Å². The highest BCUT2D eigenvalue weighted by Crippen LogP contribution is 2.23. The van der Waals surface area contributed by atoms with Gasteiger partial charge in [-0.1, -0.05) is 12.1 Å². The lowest BCUT2D eigenvalue weighted by atomic mass is 10.2. The Labute approximate surface area is 160 Å². The lowest BCUT2D eigenvalue weighted by Crippen LogP contribution is -2.47. The van der Waals surface area contributed by atoms with Gasteiger partial charge >= 0.3 is 0 Å². The zero-order valence-corrected chi connectivity index (χ0v) is 14.9. The smallest absolute Gasteiger partial charge is 0.229 e. The van der Waals surface area contributed by atoms with E-state index in [-0.39, 0.29) is 5.82 Å². The molecule has 1 N–H and O–H groups in total. The first-order valence-corrected chi connectivity index (χ1v) is 8.90. The molecule has 4 rings (SSSR count). The molecule has 3 aromatic rings. The summed E-state index contributed by atoms with van der Waals surface area (Å²) >= 11 is 0. The summed E-state index contributed by atoms with van der Waals surface area (Å²) in [6.45, 7) is 2.68. The number of hydrogen-bond donors (Lipinski definition) is 1. The second kappa shape index (κ2) is 7.75. The van der Waals surface area contributed by atoms with E-state index in [4.69, 9.17) is 0 Å². The number of aromatic nitrogens is 2. The molecule has 1 saturated heterocycles. The van der Waals surface area contributed by atoms with Crippen LogP contribution in [0.1, 0.15) is 0 Å². The molecule has 2 aromatic carbocycles. The van der Waals surface area contributed by atoms with E-state index < -0.39 is 11.6 Å². The highest BCUT2D eigenvalue weighted by molar-refractivity contribution is 5.56. The van der Waals surface area contributed by atoms with Crippen LogP contribution in [0.3, 0.4) is 0 Å². The predicted molar refractivity (Wildman–Crippen MR) is 102 cm³/mol. The average Bonchev–Trinajstić information content (AvgIpc) is 2.72. The molecule has 144 valence electrons. The molecule has 0 unspecified atom stereocenters. The molecule has 0 radical (unpaired) electrons. The second-order valence-electron chi connectivity index (χ2n) is 6.42. The number of rotatable bonds is 4. The third kappa shape index (κ3) is 3.85. The Morgan fingerprint density at radius 3 is 2.29 bits per heavy atom. The molecule has 1 aromatic heterocycles. The van der Waals surface area contributed by atoms with E-state index in [1.807, 2.05) is 11.0 Å². The van der Waals surface area contributed by atoms with Crippen LogP contribution >= 0.6 is 0 Å². The molecule has 0 saturated carbocycles. The SMILES string of the molecule is Fc1ccc(Nc2nccc(N3CCN(c4ccccc4F)CC3)n2)cc1F. The fourth-order valence-electron chi connectivity index (χ4n) is 3.17. The number of para-hydroxylation sites is 1. The number of benzene rings is 2. The molecule has 0 bridgehead atoms. The Bertz CT molecular complexity index is 974. The molecular weight excluding hydrogens is 367 g/mol. The van der Waals surface area contributed by atoms with Crippen molar-refractivity contribution < 1.29 is 13.2 Å². The summed E-state index contributed by atoms with van der Waals surface area (Å²) in [5.41, 5.74) is 0.964. The molecule has 0 aliphatic carbocycles. The first kappa shape index (κ1) is 18.1. The predicted octanol–water partition coefficient (Wildman–Crippen LogP) is 3.96. The largest absolute Gasteiger partial charge is 0.366 e. The lowest BCUT2D eigenvalue weighted by Gasteiger charge is -2.36. The minimum absolute atomic E-state index is 0.226. The summed E-state index contributed by atoms with van der Waals surface area (Å²) in [6, 6.07) is 12.0. The van der Waals surface area contributed by atoms with E-state index in [0.29, 0.717) is 49.3 Å². The van der Waals surface area contributed by atoms with Gasteiger partial charge in [0.1, 0.15) is 11.6 Å². The van der Waals surface area contributed by atoms with Crippen molar-refractivity contribution in [3.05, 3.63) is 72.2 Å². The number of nitrogens with zero attached hydrogens (tertiary/aromatic N) is 4. The van der Waals surface area contributed by atoms with Gasteiger partial charge in [0, 0.05) is 44.1 Å². The number of halogens is 3. The van der Waals surface area contributed by atoms with Crippen LogP contribution in [0.5, 0.6) is 0 Å². The average molecular weight is 385 g/mol. The first-order chi connectivity index (χ1) is 13.6. The summed E-state index contributed by atoms with van der Waals surface area (Å²) in [7, 11) is 0. The molecule has 2 heterocycles. The van der Waals surface area contributed by atoms with Gasteiger partial charge in [-0.05, 0) is 30.3 Å². The number of hydrogen-bond acceptors (Lipinski definition) is 5. The quantitative estimate of drug-likeness (QED) is 0.736. The van der Waals surface area contributed by atoms with Gasteiger partial charge in [-0.15, -0.1) is 0 Å². The van der Waals surface area contributed by atoms with Crippen molar-refractivity contribution >= 4 is 23.1 Å². The molecule has 5 nitrogen and oxygen atoms in total. The van der Waals surface area contributed by atoms with Gasteiger partial charge in [0.05, 0.1) is 5.69 Å². The molecule has 1 fully saturated rings. The molecule has 0 atom stereocenters. The maximum absolute atomic E-state index is 14.0. The molecular formula is C20H18F3N5. The normalized spacial score (nSPS) is 14.2. The summed E-state index contributed by atoms with van der Waals surface area (Å²) in [5, 5.41) is 2.88.